The smallest absolute Gasteiger partial charge is 0.269 e. The molecule has 17 heavy (non-hydrogen) atoms. The van der Waals surface area contributed by atoms with Gasteiger partial charge in [-0.2, -0.15) is 0 Å². The van der Waals surface area contributed by atoms with Crippen LogP contribution in [0.15, 0.2) is 24.3 Å². The normalized spacial score (nSPS) is 18.9. The Labute approximate surface area is 102 Å². The molecule has 2 rings (SSSR count). The molecule has 1 saturated heterocycles. The van der Waals surface area contributed by atoms with Gasteiger partial charge in [0.05, 0.1) is 24.6 Å². The van der Waals surface area contributed by atoms with E-state index in [0.29, 0.717) is 0 Å². The lowest BCUT2D eigenvalue weighted by Crippen LogP contribution is -2.52. The summed E-state index contributed by atoms with van der Waals surface area (Å²) in [5.74, 6) is 0. The zero-order chi connectivity index (χ0) is 12.3. The number of rotatable bonds is 3. The van der Waals surface area contributed by atoms with E-state index in [4.69, 9.17) is 0 Å². The summed E-state index contributed by atoms with van der Waals surface area (Å²) in [4.78, 5) is 10.3. The zero-order valence-corrected chi connectivity index (χ0v) is 10.3. The van der Waals surface area contributed by atoms with E-state index in [9.17, 15) is 10.1 Å². The van der Waals surface area contributed by atoms with Crippen LogP contribution >= 0.6 is 0 Å². The van der Waals surface area contributed by atoms with E-state index in [-0.39, 0.29) is 10.6 Å². The molecule has 0 atom stereocenters. The number of hydrogen-bond acceptors (Lipinski definition) is 2. The molecule has 1 fully saturated rings. The molecule has 0 saturated carbocycles. The summed E-state index contributed by atoms with van der Waals surface area (Å²) in [6.07, 6.45) is 3.82. The number of nitro benzene ring substituents is 1. The fraction of sp³-hybridized carbons (Fsp3) is 0.538. The quantitative estimate of drug-likeness (QED) is 0.459. The first-order valence-corrected chi connectivity index (χ1v) is 6.29. The summed E-state index contributed by atoms with van der Waals surface area (Å²) in [6.45, 7) is 5.59. The van der Waals surface area contributed by atoms with Crippen molar-refractivity contribution in [2.45, 2.75) is 26.2 Å². The van der Waals surface area contributed by atoms with Crippen molar-refractivity contribution in [1.82, 2.24) is 4.48 Å². The average Bonchev–Trinajstić information content (AvgIpc) is 2.39. The number of nitrogens with zero attached hydrogens (tertiary/aromatic N) is 2. The Hall–Kier alpha value is -1.42. The SMILES string of the molecule is CC[N+]1(c2ccc([N+](=O)[O-])cc2)CCCCC1. The molecule has 0 N–H and O–H groups in total. The van der Waals surface area contributed by atoms with Crippen LogP contribution in [-0.2, 0) is 0 Å². The minimum absolute atomic E-state index is 0.181. The first kappa shape index (κ1) is 12.0. The van der Waals surface area contributed by atoms with E-state index in [1.165, 1.54) is 24.9 Å². The molecule has 0 amide bonds. The largest absolute Gasteiger partial charge is 0.291 e. The van der Waals surface area contributed by atoms with Gasteiger partial charge in [-0.05, 0) is 26.2 Å². The van der Waals surface area contributed by atoms with Crippen molar-refractivity contribution in [3.63, 3.8) is 0 Å². The third-order valence-corrected chi connectivity index (χ3v) is 3.89. The van der Waals surface area contributed by atoms with Gasteiger partial charge in [0.1, 0.15) is 5.69 Å². The lowest BCUT2D eigenvalue weighted by Gasteiger charge is -2.40. The van der Waals surface area contributed by atoms with Gasteiger partial charge in [0.15, 0.2) is 0 Å². The fourth-order valence-corrected chi connectivity index (χ4v) is 2.77. The second-order valence-electron chi connectivity index (χ2n) is 4.74. The molecule has 0 aromatic heterocycles. The maximum absolute atomic E-state index is 10.6. The number of non-ortho nitro benzene ring substituents is 1. The predicted octanol–water partition coefficient (Wildman–Crippen LogP) is 3.11. The monoisotopic (exact) mass is 235 g/mol. The molecule has 1 aliphatic rings. The van der Waals surface area contributed by atoms with Crippen molar-refractivity contribution in [3.05, 3.63) is 34.4 Å². The van der Waals surface area contributed by atoms with Crippen LogP contribution in [0.4, 0.5) is 11.4 Å². The van der Waals surface area contributed by atoms with E-state index in [1.807, 2.05) is 12.1 Å². The van der Waals surface area contributed by atoms with Crippen LogP contribution < -0.4 is 4.48 Å². The summed E-state index contributed by atoms with van der Waals surface area (Å²) in [5, 5.41) is 10.6. The number of piperidine rings is 1. The van der Waals surface area contributed by atoms with Gasteiger partial charge in [0, 0.05) is 24.3 Å². The summed E-state index contributed by atoms with van der Waals surface area (Å²) < 4.78 is 0.984. The van der Waals surface area contributed by atoms with Crippen molar-refractivity contribution >= 4 is 11.4 Å². The Morgan fingerprint density at radius 2 is 1.76 bits per heavy atom. The molecule has 92 valence electrons. The molecule has 0 unspecified atom stereocenters. The van der Waals surface area contributed by atoms with Crippen molar-refractivity contribution in [1.29, 1.82) is 0 Å². The van der Waals surface area contributed by atoms with Crippen LogP contribution in [0.25, 0.3) is 0 Å². The van der Waals surface area contributed by atoms with Gasteiger partial charge < -0.3 is 0 Å². The molecule has 0 radical (unpaired) electrons. The van der Waals surface area contributed by atoms with E-state index in [1.54, 1.807) is 12.1 Å². The Morgan fingerprint density at radius 1 is 1.18 bits per heavy atom. The topological polar surface area (TPSA) is 43.1 Å². The zero-order valence-electron chi connectivity index (χ0n) is 10.3. The lowest BCUT2D eigenvalue weighted by molar-refractivity contribution is -0.384. The second-order valence-corrected chi connectivity index (χ2v) is 4.74. The number of hydrogen-bond donors (Lipinski definition) is 0. The fourth-order valence-electron chi connectivity index (χ4n) is 2.77. The van der Waals surface area contributed by atoms with Crippen LogP contribution in [0.2, 0.25) is 0 Å². The summed E-state index contributed by atoms with van der Waals surface area (Å²) in [6, 6.07) is 7.10. The molecule has 0 bridgehead atoms. The average molecular weight is 235 g/mol. The minimum atomic E-state index is -0.337. The Bertz CT molecular complexity index is 394. The highest BCUT2D eigenvalue weighted by molar-refractivity contribution is 5.48. The van der Waals surface area contributed by atoms with Crippen LogP contribution in [0, 0.1) is 10.1 Å². The van der Waals surface area contributed by atoms with Crippen molar-refractivity contribution in [2.24, 2.45) is 0 Å². The number of likely N-dealkylation sites (tertiary alicyclic amines) is 1. The molecule has 1 aliphatic heterocycles. The molecular formula is C13H19N2O2+. The molecule has 0 spiro atoms. The molecule has 1 heterocycles. The van der Waals surface area contributed by atoms with Gasteiger partial charge in [-0.15, -0.1) is 0 Å². The van der Waals surface area contributed by atoms with Gasteiger partial charge in [0.25, 0.3) is 5.69 Å². The number of quaternary nitrogens is 1. The summed E-state index contributed by atoms with van der Waals surface area (Å²) in [5.41, 5.74) is 1.40. The highest BCUT2D eigenvalue weighted by Gasteiger charge is 2.30. The molecule has 4 heteroatoms. The predicted molar refractivity (Wildman–Crippen MR) is 69.0 cm³/mol. The summed E-state index contributed by atoms with van der Waals surface area (Å²) >= 11 is 0. The Morgan fingerprint density at radius 3 is 2.24 bits per heavy atom. The highest BCUT2D eigenvalue weighted by atomic mass is 16.6. The maximum atomic E-state index is 10.6. The highest BCUT2D eigenvalue weighted by Crippen LogP contribution is 2.29. The van der Waals surface area contributed by atoms with E-state index in [2.05, 4.69) is 6.92 Å². The van der Waals surface area contributed by atoms with Gasteiger partial charge in [-0.25, -0.2) is 0 Å². The molecule has 1 aromatic carbocycles. The van der Waals surface area contributed by atoms with Crippen LogP contribution in [0.5, 0.6) is 0 Å². The first-order valence-electron chi connectivity index (χ1n) is 6.29. The van der Waals surface area contributed by atoms with Crippen molar-refractivity contribution in [3.8, 4) is 0 Å². The number of nitro groups is 1. The van der Waals surface area contributed by atoms with Crippen LogP contribution in [0.3, 0.4) is 0 Å². The Balaban J connectivity index is 2.27. The van der Waals surface area contributed by atoms with E-state index < -0.39 is 0 Å². The van der Waals surface area contributed by atoms with Gasteiger partial charge in [0.2, 0.25) is 0 Å². The lowest BCUT2D eigenvalue weighted by atomic mass is 10.1. The second kappa shape index (κ2) is 4.84. The van der Waals surface area contributed by atoms with Gasteiger partial charge in [-0.3, -0.25) is 14.6 Å². The van der Waals surface area contributed by atoms with Crippen LogP contribution in [-0.4, -0.2) is 24.6 Å². The van der Waals surface area contributed by atoms with Crippen LogP contribution in [0.1, 0.15) is 26.2 Å². The molecular weight excluding hydrogens is 216 g/mol. The van der Waals surface area contributed by atoms with Crippen molar-refractivity contribution < 1.29 is 4.92 Å². The Kier molecular flexibility index (Phi) is 3.43. The first-order chi connectivity index (χ1) is 8.18. The molecule has 4 nitrogen and oxygen atoms in total. The van der Waals surface area contributed by atoms with Gasteiger partial charge in [-0.1, -0.05) is 0 Å². The summed E-state index contributed by atoms with van der Waals surface area (Å²) in [7, 11) is 0. The number of benzene rings is 1. The third kappa shape index (κ3) is 2.31. The minimum Gasteiger partial charge on any atom is -0.291 e. The maximum Gasteiger partial charge on any atom is 0.269 e. The molecule has 1 aromatic rings. The van der Waals surface area contributed by atoms with Crippen molar-refractivity contribution in [2.75, 3.05) is 19.6 Å². The van der Waals surface area contributed by atoms with Gasteiger partial charge >= 0.3 is 0 Å². The van der Waals surface area contributed by atoms with E-state index >= 15 is 0 Å². The van der Waals surface area contributed by atoms with E-state index in [0.717, 1.165) is 24.1 Å². The molecule has 0 aliphatic carbocycles. The third-order valence-electron chi connectivity index (χ3n) is 3.89. The standard InChI is InChI=1S/C13H19N2O2/c1-2-15(10-4-3-5-11-15)13-8-6-12(7-9-13)14(16)17/h6-9H,2-5,10-11H2,1H3/q+1.